The maximum atomic E-state index is 9.06. The van der Waals surface area contributed by atoms with Crippen LogP contribution in [0.15, 0.2) is 5.16 Å². The Morgan fingerprint density at radius 1 is 1.31 bits per heavy atom. The van der Waals surface area contributed by atoms with E-state index in [1.807, 2.05) is 0 Å². The summed E-state index contributed by atoms with van der Waals surface area (Å²) < 4.78 is -0.0139. The Morgan fingerprint density at radius 3 is 2.23 bits per heavy atom. The largest absolute Gasteiger partial charge is 0.411 e. The van der Waals surface area contributed by atoms with Crippen molar-refractivity contribution >= 4 is 21.6 Å². The highest BCUT2D eigenvalue weighted by Crippen LogP contribution is 2.66. The Morgan fingerprint density at radius 2 is 1.92 bits per heavy atom. The molecular weight excluding hydrogens is 230 g/mol. The average Bonchev–Trinajstić information content (AvgIpc) is 2.35. The summed E-state index contributed by atoms with van der Waals surface area (Å²) >= 11 is 3.73. The normalized spacial score (nSPS) is 50.3. The molecule has 13 heavy (non-hydrogen) atoms. The summed E-state index contributed by atoms with van der Waals surface area (Å²) in [6.45, 7) is 6.67. The first-order valence-electron chi connectivity index (χ1n) is 4.78. The summed E-state index contributed by atoms with van der Waals surface area (Å²) in [5.74, 6) is 0. The van der Waals surface area contributed by atoms with Crippen LogP contribution in [0.4, 0.5) is 0 Å². The van der Waals surface area contributed by atoms with Gasteiger partial charge in [0.2, 0.25) is 0 Å². The van der Waals surface area contributed by atoms with E-state index in [0.29, 0.717) is 5.41 Å². The summed E-state index contributed by atoms with van der Waals surface area (Å²) in [7, 11) is 0. The van der Waals surface area contributed by atoms with Crippen molar-refractivity contribution in [2.75, 3.05) is 0 Å². The quantitative estimate of drug-likeness (QED) is 0.397. The zero-order valence-electron chi connectivity index (χ0n) is 8.39. The Labute approximate surface area is 87.5 Å². The van der Waals surface area contributed by atoms with Gasteiger partial charge in [-0.1, -0.05) is 41.9 Å². The van der Waals surface area contributed by atoms with Gasteiger partial charge in [-0.25, -0.2) is 0 Å². The van der Waals surface area contributed by atoms with Crippen LogP contribution in [0, 0.1) is 10.8 Å². The first-order chi connectivity index (χ1) is 5.86. The molecular formula is C10H16BrNO. The van der Waals surface area contributed by atoms with Crippen molar-refractivity contribution < 1.29 is 5.21 Å². The van der Waals surface area contributed by atoms with Crippen molar-refractivity contribution in [1.82, 2.24) is 0 Å². The number of oxime groups is 1. The van der Waals surface area contributed by atoms with Crippen LogP contribution in [-0.4, -0.2) is 15.2 Å². The molecule has 0 heterocycles. The Kier molecular flexibility index (Phi) is 1.68. The summed E-state index contributed by atoms with van der Waals surface area (Å²) in [5, 5.41) is 12.6. The summed E-state index contributed by atoms with van der Waals surface area (Å²) in [6.07, 6.45) is 3.43. The summed E-state index contributed by atoms with van der Waals surface area (Å²) in [4.78, 5) is 0. The van der Waals surface area contributed by atoms with E-state index in [9.17, 15) is 0 Å². The van der Waals surface area contributed by atoms with Crippen LogP contribution in [0.1, 0.15) is 40.0 Å². The molecule has 0 aromatic rings. The van der Waals surface area contributed by atoms with Crippen LogP contribution >= 0.6 is 15.9 Å². The minimum Gasteiger partial charge on any atom is -0.411 e. The van der Waals surface area contributed by atoms with E-state index in [1.165, 1.54) is 6.42 Å². The summed E-state index contributed by atoms with van der Waals surface area (Å²) in [6, 6.07) is 0. The monoisotopic (exact) mass is 245 g/mol. The lowest BCUT2D eigenvalue weighted by Gasteiger charge is -2.39. The van der Waals surface area contributed by atoms with Crippen molar-refractivity contribution in [2.45, 2.75) is 44.4 Å². The zero-order valence-corrected chi connectivity index (χ0v) is 9.98. The van der Waals surface area contributed by atoms with E-state index in [0.717, 1.165) is 18.6 Å². The lowest BCUT2D eigenvalue weighted by Crippen LogP contribution is -2.41. The second-order valence-electron chi connectivity index (χ2n) is 5.28. The van der Waals surface area contributed by atoms with E-state index >= 15 is 0 Å². The van der Waals surface area contributed by atoms with Crippen LogP contribution in [0.5, 0.6) is 0 Å². The fraction of sp³-hybridized carbons (Fsp3) is 0.900. The lowest BCUT2D eigenvalue weighted by molar-refractivity contribution is 0.179. The molecule has 0 radical (unpaired) electrons. The van der Waals surface area contributed by atoms with Gasteiger partial charge in [0.05, 0.1) is 10.0 Å². The predicted molar refractivity (Wildman–Crippen MR) is 56.6 cm³/mol. The van der Waals surface area contributed by atoms with Crippen molar-refractivity contribution in [3.8, 4) is 0 Å². The van der Waals surface area contributed by atoms with Crippen molar-refractivity contribution in [2.24, 2.45) is 16.0 Å². The van der Waals surface area contributed by atoms with Crippen LogP contribution in [-0.2, 0) is 0 Å². The minimum absolute atomic E-state index is 0.0139. The lowest BCUT2D eigenvalue weighted by atomic mass is 9.65. The standard InChI is InChI=1S/C10H16BrNO/c1-8(2)7(12-13)10(11)5-4-9(8,3)6-10/h13H,4-6H2,1-3H3. The van der Waals surface area contributed by atoms with Gasteiger partial charge >= 0.3 is 0 Å². The fourth-order valence-electron chi connectivity index (χ4n) is 3.07. The van der Waals surface area contributed by atoms with Crippen molar-refractivity contribution in [3.63, 3.8) is 0 Å². The molecule has 2 aliphatic carbocycles. The Hall–Kier alpha value is -0.0500. The number of hydrogen-bond acceptors (Lipinski definition) is 2. The molecule has 2 nitrogen and oxygen atoms in total. The number of rotatable bonds is 0. The summed E-state index contributed by atoms with van der Waals surface area (Å²) in [5.41, 5.74) is 1.27. The van der Waals surface area contributed by atoms with E-state index in [4.69, 9.17) is 5.21 Å². The molecule has 2 fully saturated rings. The van der Waals surface area contributed by atoms with Crippen LogP contribution in [0.2, 0.25) is 0 Å². The van der Waals surface area contributed by atoms with Gasteiger partial charge in [0.25, 0.3) is 0 Å². The number of fused-ring (bicyclic) bond motifs is 2. The van der Waals surface area contributed by atoms with Gasteiger partial charge in [0.1, 0.15) is 0 Å². The van der Waals surface area contributed by atoms with Gasteiger partial charge in [-0.3, -0.25) is 0 Å². The molecule has 2 atom stereocenters. The number of nitrogens with zero attached hydrogens (tertiary/aromatic N) is 1. The molecule has 2 saturated carbocycles. The molecule has 2 rings (SSSR count). The van der Waals surface area contributed by atoms with Gasteiger partial charge < -0.3 is 5.21 Å². The maximum Gasteiger partial charge on any atom is 0.0799 e. The molecule has 1 N–H and O–H groups in total. The highest BCUT2D eigenvalue weighted by molar-refractivity contribution is 9.10. The van der Waals surface area contributed by atoms with Gasteiger partial charge in [-0.2, -0.15) is 0 Å². The van der Waals surface area contributed by atoms with E-state index < -0.39 is 0 Å². The highest BCUT2D eigenvalue weighted by Gasteiger charge is 2.65. The Bertz CT molecular complexity index is 287. The van der Waals surface area contributed by atoms with E-state index in [-0.39, 0.29) is 9.74 Å². The van der Waals surface area contributed by atoms with Gasteiger partial charge in [-0.05, 0) is 24.7 Å². The topological polar surface area (TPSA) is 32.6 Å². The molecule has 0 aromatic heterocycles. The third-order valence-electron chi connectivity index (χ3n) is 4.37. The molecule has 0 amide bonds. The number of halogens is 1. The second-order valence-corrected chi connectivity index (χ2v) is 6.79. The molecule has 2 aliphatic rings. The first kappa shape index (κ1) is 9.50. The van der Waals surface area contributed by atoms with Gasteiger partial charge in [0, 0.05) is 5.41 Å². The molecule has 3 heteroatoms. The number of hydrogen-bond donors (Lipinski definition) is 1. The van der Waals surface area contributed by atoms with Crippen molar-refractivity contribution in [3.05, 3.63) is 0 Å². The zero-order chi connectivity index (χ0) is 9.91. The molecule has 0 aromatic carbocycles. The first-order valence-corrected chi connectivity index (χ1v) is 5.57. The van der Waals surface area contributed by atoms with Crippen LogP contribution in [0.3, 0.4) is 0 Å². The molecule has 2 bridgehead atoms. The van der Waals surface area contributed by atoms with Crippen LogP contribution < -0.4 is 0 Å². The molecule has 0 saturated heterocycles. The molecule has 74 valence electrons. The van der Waals surface area contributed by atoms with Gasteiger partial charge in [0.15, 0.2) is 0 Å². The fourth-order valence-corrected chi connectivity index (χ4v) is 4.46. The van der Waals surface area contributed by atoms with Crippen molar-refractivity contribution in [1.29, 1.82) is 0 Å². The molecule has 0 spiro atoms. The second kappa shape index (κ2) is 2.30. The third-order valence-corrected chi connectivity index (χ3v) is 5.42. The SMILES string of the molecule is CC12CCC(Br)(C1)C(=NO)C2(C)C. The van der Waals surface area contributed by atoms with E-state index in [2.05, 4.69) is 41.9 Å². The predicted octanol–water partition coefficient (Wildman–Crippen LogP) is 3.18. The minimum atomic E-state index is -0.0139. The maximum absolute atomic E-state index is 9.06. The smallest absolute Gasteiger partial charge is 0.0799 e. The Balaban J connectivity index is 2.54. The highest BCUT2D eigenvalue weighted by atomic mass is 79.9. The number of alkyl halides is 1. The van der Waals surface area contributed by atoms with E-state index in [1.54, 1.807) is 0 Å². The molecule has 2 unspecified atom stereocenters. The van der Waals surface area contributed by atoms with Gasteiger partial charge in [-0.15, -0.1) is 0 Å². The van der Waals surface area contributed by atoms with Crippen LogP contribution in [0.25, 0.3) is 0 Å². The average molecular weight is 246 g/mol. The molecule has 0 aliphatic heterocycles. The third kappa shape index (κ3) is 0.915.